The fraction of sp³-hybridized carbons (Fsp3) is 0.588. The summed E-state index contributed by atoms with van der Waals surface area (Å²) in [6.07, 6.45) is -1.49. The molecule has 1 aromatic carbocycles. The fourth-order valence-corrected chi connectivity index (χ4v) is 5.19. The van der Waals surface area contributed by atoms with Gasteiger partial charge >= 0.3 is 5.97 Å². The molecule has 1 aromatic rings. The summed E-state index contributed by atoms with van der Waals surface area (Å²) < 4.78 is 38.1. The third-order valence-electron chi connectivity index (χ3n) is 4.71. The van der Waals surface area contributed by atoms with Crippen LogP contribution in [-0.4, -0.2) is 68.5 Å². The lowest BCUT2D eigenvalue weighted by Crippen LogP contribution is -2.50. The first-order chi connectivity index (χ1) is 12.2. The Kier molecular flexibility index (Phi) is 5.25. The van der Waals surface area contributed by atoms with Crippen LogP contribution in [0.1, 0.15) is 19.4 Å². The quantitative estimate of drug-likeness (QED) is 0.828. The number of rotatable bonds is 4. The molecule has 3 atom stereocenters. The largest absolute Gasteiger partial charge is 0.478 e. The summed E-state index contributed by atoms with van der Waals surface area (Å²) in [5, 5.41) is 9.28. The number of nitrogens with zero attached hydrogens (tertiary/aromatic N) is 2. The standard InChI is InChI=1S/C17H24N2O6S/c1-11-4-5-15(14(8-11)19-12(2)9-24-10-13(19)3)26(22,23)18-6-7-25-16(18)17(20)21/h4-5,8,12-13,16H,6-7,9-10H2,1-3H3,(H,20,21)/t12-,13-,16?/m1/s1. The maximum atomic E-state index is 13.3. The Bertz CT molecular complexity index is 786. The van der Waals surface area contributed by atoms with Crippen molar-refractivity contribution in [3.8, 4) is 0 Å². The smallest absolute Gasteiger partial charge is 0.349 e. The maximum absolute atomic E-state index is 13.3. The average Bonchev–Trinajstić information content (AvgIpc) is 3.05. The SMILES string of the molecule is Cc1ccc(S(=O)(=O)N2CCOC2C(=O)O)c(N2[C@H](C)COC[C@H]2C)c1. The highest BCUT2D eigenvalue weighted by Gasteiger charge is 2.42. The van der Waals surface area contributed by atoms with Gasteiger partial charge in [-0.25, -0.2) is 13.2 Å². The van der Waals surface area contributed by atoms with Gasteiger partial charge in [-0.1, -0.05) is 6.07 Å². The molecular weight excluding hydrogens is 360 g/mol. The molecular formula is C17H24N2O6S. The first kappa shape index (κ1) is 19.1. The van der Waals surface area contributed by atoms with E-state index in [4.69, 9.17) is 9.47 Å². The van der Waals surface area contributed by atoms with Gasteiger partial charge in [0.25, 0.3) is 0 Å². The van der Waals surface area contributed by atoms with E-state index in [1.165, 1.54) is 0 Å². The Morgan fingerprint density at radius 3 is 2.50 bits per heavy atom. The topological polar surface area (TPSA) is 96.4 Å². The lowest BCUT2D eigenvalue weighted by molar-refractivity contribution is -0.151. The number of hydrogen-bond acceptors (Lipinski definition) is 6. The van der Waals surface area contributed by atoms with E-state index in [0.717, 1.165) is 9.87 Å². The van der Waals surface area contributed by atoms with Crippen LogP contribution in [0.25, 0.3) is 0 Å². The molecule has 2 fully saturated rings. The van der Waals surface area contributed by atoms with E-state index >= 15 is 0 Å². The molecule has 2 aliphatic rings. The van der Waals surface area contributed by atoms with E-state index in [9.17, 15) is 18.3 Å². The van der Waals surface area contributed by atoms with Gasteiger partial charge in [0.2, 0.25) is 16.3 Å². The highest BCUT2D eigenvalue weighted by Crippen LogP contribution is 2.34. The van der Waals surface area contributed by atoms with Gasteiger partial charge in [-0.15, -0.1) is 0 Å². The first-order valence-electron chi connectivity index (χ1n) is 8.56. The van der Waals surface area contributed by atoms with E-state index in [-0.39, 0.29) is 30.1 Å². The number of morpholine rings is 1. The Morgan fingerprint density at radius 1 is 1.23 bits per heavy atom. The summed E-state index contributed by atoms with van der Waals surface area (Å²) in [6.45, 7) is 6.93. The molecule has 0 saturated carbocycles. The monoisotopic (exact) mass is 384 g/mol. The van der Waals surface area contributed by atoms with Gasteiger partial charge in [0.1, 0.15) is 4.90 Å². The lowest BCUT2D eigenvalue weighted by atomic mass is 10.1. The third-order valence-corrected chi connectivity index (χ3v) is 6.60. The van der Waals surface area contributed by atoms with Crippen LogP contribution in [0.5, 0.6) is 0 Å². The molecule has 0 bridgehead atoms. The van der Waals surface area contributed by atoms with Crippen molar-refractivity contribution in [1.82, 2.24) is 4.31 Å². The molecule has 2 saturated heterocycles. The zero-order valence-electron chi connectivity index (χ0n) is 15.1. The van der Waals surface area contributed by atoms with Crippen molar-refractivity contribution in [3.05, 3.63) is 23.8 Å². The van der Waals surface area contributed by atoms with Crippen LogP contribution >= 0.6 is 0 Å². The molecule has 8 nitrogen and oxygen atoms in total. The number of aliphatic carboxylic acids is 1. The van der Waals surface area contributed by atoms with Gasteiger partial charge in [0.15, 0.2) is 0 Å². The minimum Gasteiger partial charge on any atom is -0.478 e. The van der Waals surface area contributed by atoms with Crippen LogP contribution in [0, 0.1) is 6.92 Å². The Morgan fingerprint density at radius 2 is 1.88 bits per heavy atom. The van der Waals surface area contributed by atoms with E-state index < -0.39 is 22.2 Å². The van der Waals surface area contributed by atoms with E-state index in [1.807, 2.05) is 31.7 Å². The summed E-state index contributed by atoms with van der Waals surface area (Å²) in [6, 6.07) is 5.10. The van der Waals surface area contributed by atoms with Crippen molar-refractivity contribution in [2.75, 3.05) is 31.3 Å². The number of aryl methyl sites for hydroxylation is 1. The van der Waals surface area contributed by atoms with Crippen molar-refractivity contribution >= 4 is 21.7 Å². The zero-order valence-corrected chi connectivity index (χ0v) is 15.9. The first-order valence-corrected chi connectivity index (χ1v) is 10.0. The summed E-state index contributed by atoms with van der Waals surface area (Å²) in [7, 11) is -4.03. The Hall–Kier alpha value is -1.68. The van der Waals surface area contributed by atoms with Crippen LogP contribution in [0.2, 0.25) is 0 Å². The number of carboxylic acids is 1. The molecule has 0 amide bonds. The number of carboxylic acid groups (broad SMARTS) is 1. The van der Waals surface area contributed by atoms with Gasteiger partial charge in [-0.05, 0) is 38.5 Å². The predicted molar refractivity (Wildman–Crippen MR) is 94.7 cm³/mol. The molecule has 0 radical (unpaired) electrons. The fourth-order valence-electron chi connectivity index (χ4n) is 3.55. The number of hydrogen-bond donors (Lipinski definition) is 1. The van der Waals surface area contributed by atoms with Crippen LogP contribution in [0.3, 0.4) is 0 Å². The average molecular weight is 384 g/mol. The molecule has 1 N–H and O–H groups in total. The van der Waals surface area contributed by atoms with Gasteiger partial charge in [-0.2, -0.15) is 4.31 Å². The summed E-state index contributed by atoms with van der Waals surface area (Å²) in [5.41, 5.74) is 1.50. The molecule has 144 valence electrons. The molecule has 2 aliphatic heterocycles. The Labute approximate surface area is 153 Å². The van der Waals surface area contributed by atoms with Gasteiger partial charge in [-0.3, -0.25) is 0 Å². The van der Waals surface area contributed by atoms with Crippen LogP contribution < -0.4 is 4.90 Å². The molecule has 1 unspecified atom stereocenters. The molecule has 9 heteroatoms. The van der Waals surface area contributed by atoms with E-state index in [1.54, 1.807) is 12.1 Å². The second-order valence-corrected chi connectivity index (χ2v) is 8.65. The number of carbonyl (C=O) groups is 1. The zero-order chi connectivity index (χ0) is 19.1. The normalized spacial score (nSPS) is 27.7. The van der Waals surface area contributed by atoms with Gasteiger partial charge < -0.3 is 19.5 Å². The summed E-state index contributed by atoms with van der Waals surface area (Å²) in [5.74, 6) is -1.31. The molecule has 26 heavy (non-hydrogen) atoms. The highest BCUT2D eigenvalue weighted by atomic mass is 32.2. The molecule has 2 heterocycles. The third kappa shape index (κ3) is 3.32. The second-order valence-electron chi connectivity index (χ2n) is 6.79. The number of benzene rings is 1. The Balaban J connectivity index is 2.09. The second kappa shape index (κ2) is 7.15. The van der Waals surface area contributed by atoms with Gasteiger partial charge in [0, 0.05) is 18.6 Å². The highest BCUT2D eigenvalue weighted by molar-refractivity contribution is 7.89. The predicted octanol–water partition coefficient (Wildman–Crippen LogP) is 1.04. The van der Waals surface area contributed by atoms with Crippen molar-refractivity contribution in [3.63, 3.8) is 0 Å². The van der Waals surface area contributed by atoms with Crippen LogP contribution in [-0.2, 0) is 24.3 Å². The minimum absolute atomic E-state index is 0.000372. The number of ether oxygens (including phenoxy) is 2. The summed E-state index contributed by atoms with van der Waals surface area (Å²) >= 11 is 0. The van der Waals surface area contributed by atoms with Crippen molar-refractivity contribution in [1.29, 1.82) is 0 Å². The molecule has 0 aliphatic carbocycles. The van der Waals surface area contributed by atoms with Crippen LogP contribution in [0.4, 0.5) is 5.69 Å². The van der Waals surface area contributed by atoms with Crippen molar-refractivity contribution in [2.45, 2.75) is 44.0 Å². The van der Waals surface area contributed by atoms with Gasteiger partial charge in [0.05, 0.1) is 25.5 Å². The van der Waals surface area contributed by atoms with Crippen LogP contribution in [0.15, 0.2) is 23.1 Å². The van der Waals surface area contributed by atoms with Crippen molar-refractivity contribution in [2.24, 2.45) is 0 Å². The molecule has 0 spiro atoms. The maximum Gasteiger partial charge on any atom is 0.349 e. The molecule has 0 aromatic heterocycles. The minimum atomic E-state index is -4.03. The number of anilines is 1. The lowest BCUT2D eigenvalue weighted by Gasteiger charge is -2.41. The van der Waals surface area contributed by atoms with Crippen molar-refractivity contribution < 1.29 is 27.8 Å². The molecule has 3 rings (SSSR count). The summed E-state index contributed by atoms with van der Waals surface area (Å²) in [4.78, 5) is 13.5. The van der Waals surface area contributed by atoms with E-state index in [2.05, 4.69) is 0 Å². The van der Waals surface area contributed by atoms with E-state index in [0.29, 0.717) is 18.9 Å². The number of sulfonamides is 1.